The van der Waals surface area contributed by atoms with Gasteiger partial charge in [0.1, 0.15) is 10.6 Å². The van der Waals surface area contributed by atoms with Gasteiger partial charge in [0.25, 0.3) is 5.91 Å². The normalized spacial score (nSPS) is 10.8. The number of aromatic nitrogens is 2. The molecule has 130 valence electrons. The Morgan fingerprint density at radius 2 is 2.12 bits per heavy atom. The number of aryl methyl sites for hydroxylation is 2. The quantitative estimate of drug-likeness (QED) is 0.707. The summed E-state index contributed by atoms with van der Waals surface area (Å²) in [5, 5.41) is 3.35. The van der Waals surface area contributed by atoms with Crippen LogP contribution < -0.4 is 5.32 Å². The van der Waals surface area contributed by atoms with E-state index >= 15 is 0 Å². The van der Waals surface area contributed by atoms with Gasteiger partial charge < -0.3 is 14.5 Å². The highest BCUT2D eigenvalue weighted by atomic mass is 32.1. The second kappa shape index (κ2) is 7.06. The molecule has 1 N–H and O–H groups in total. The highest BCUT2D eigenvalue weighted by Gasteiger charge is 2.19. The molecule has 0 unspecified atom stereocenters. The molecule has 0 aromatic carbocycles. The van der Waals surface area contributed by atoms with Crippen LogP contribution in [0.25, 0.3) is 5.65 Å². The summed E-state index contributed by atoms with van der Waals surface area (Å²) in [6.45, 7) is 5.95. The minimum absolute atomic E-state index is 0.279. The van der Waals surface area contributed by atoms with Crippen LogP contribution in [-0.2, 0) is 11.2 Å². The summed E-state index contributed by atoms with van der Waals surface area (Å²) in [4.78, 5) is 30.1. The number of rotatable bonds is 5. The van der Waals surface area contributed by atoms with E-state index in [4.69, 9.17) is 4.74 Å². The van der Waals surface area contributed by atoms with E-state index in [1.165, 1.54) is 11.3 Å². The lowest BCUT2D eigenvalue weighted by atomic mass is 10.2. The van der Waals surface area contributed by atoms with Gasteiger partial charge in [-0.05, 0) is 38.5 Å². The molecule has 0 saturated heterocycles. The summed E-state index contributed by atoms with van der Waals surface area (Å²) >= 11 is 1.39. The SMILES string of the molecule is CCOC(=O)c1cc(CC)sc1NC(=O)c1ccn2cc(C)nc2c1. The van der Waals surface area contributed by atoms with Gasteiger partial charge >= 0.3 is 5.97 Å². The fourth-order valence-corrected chi connectivity index (χ4v) is 3.47. The first kappa shape index (κ1) is 17.2. The van der Waals surface area contributed by atoms with E-state index in [-0.39, 0.29) is 5.91 Å². The maximum Gasteiger partial charge on any atom is 0.341 e. The number of carbonyl (C=O) groups excluding carboxylic acids is 2. The number of hydrogen-bond acceptors (Lipinski definition) is 5. The molecule has 0 atom stereocenters. The number of anilines is 1. The van der Waals surface area contributed by atoms with Crippen LogP contribution in [0.1, 0.15) is 45.1 Å². The van der Waals surface area contributed by atoms with Crippen molar-refractivity contribution in [1.82, 2.24) is 9.38 Å². The number of esters is 1. The summed E-state index contributed by atoms with van der Waals surface area (Å²) in [7, 11) is 0. The predicted molar refractivity (Wildman–Crippen MR) is 97.5 cm³/mol. The molecular weight excluding hydrogens is 338 g/mol. The predicted octanol–water partition coefficient (Wildman–Crippen LogP) is 3.70. The van der Waals surface area contributed by atoms with Crippen LogP contribution in [0.4, 0.5) is 5.00 Å². The van der Waals surface area contributed by atoms with Gasteiger partial charge in [-0.15, -0.1) is 11.3 Å². The average molecular weight is 357 g/mol. The van der Waals surface area contributed by atoms with Crippen LogP contribution in [0.2, 0.25) is 0 Å². The van der Waals surface area contributed by atoms with Crippen LogP contribution in [0.5, 0.6) is 0 Å². The van der Waals surface area contributed by atoms with Crippen molar-refractivity contribution >= 4 is 33.9 Å². The summed E-state index contributed by atoms with van der Waals surface area (Å²) in [6, 6.07) is 5.22. The molecule has 3 aromatic rings. The Morgan fingerprint density at radius 3 is 2.84 bits per heavy atom. The number of imidazole rings is 1. The highest BCUT2D eigenvalue weighted by molar-refractivity contribution is 7.16. The van der Waals surface area contributed by atoms with E-state index < -0.39 is 5.97 Å². The van der Waals surface area contributed by atoms with Gasteiger partial charge in [-0.3, -0.25) is 4.79 Å². The van der Waals surface area contributed by atoms with Gasteiger partial charge in [0, 0.05) is 22.8 Å². The Hall–Kier alpha value is -2.67. The molecule has 6 nitrogen and oxygen atoms in total. The number of amides is 1. The van der Waals surface area contributed by atoms with Crippen molar-refractivity contribution in [1.29, 1.82) is 0 Å². The van der Waals surface area contributed by atoms with Crippen molar-refractivity contribution < 1.29 is 14.3 Å². The maximum absolute atomic E-state index is 12.6. The van der Waals surface area contributed by atoms with Gasteiger partial charge in [0.15, 0.2) is 0 Å². The second-order valence-electron chi connectivity index (χ2n) is 5.55. The lowest BCUT2D eigenvalue weighted by molar-refractivity contribution is 0.0528. The smallest absolute Gasteiger partial charge is 0.341 e. The summed E-state index contributed by atoms with van der Waals surface area (Å²) in [5.41, 5.74) is 2.47. The minimum Gasteiger partial charge on any atom is -0.462 e. The van der Waals surface area contributed by atoms with Crippen LogP contribution in [0.3, 0.4) is 0 Å². The Balaban J connectivity index is 1.88. The van der Waals surface area contributed by atoms with Gasteiger partial charge in [0.05, 0.1) is 17.9 Å². The number of nitrogens with one attached hydrogen (secondary N) is 1. The molecule has 0 spiro atoms. The lowest BCUT2D eigenvalue weighted by Crippen LogP contribution is -2.14. The van der Waals surface area contributed by atoms with Crippen molar-refractivity contribution in [2.45, 2.75) is 27.2 Å². The third kappa shape index (κ3) is 3.56. The van der Waals surface area contributed by atoms with Gasteiger partial charge in [-0.1, -0.05) is 6.92 Å². The van der Waals surface area contributed by atoms with Crippen LogP contribution in [0.15, 0.2) is 30.6 Å². The number of thiophene rings is 1. The molecule has 0 aliphatic carbocycles. The van der Waals surface area contributed by atoms with Crippen LogP contribution in [-0.4, -0.2) is 27.9 Å². The second-order valence-corrected chi connectivity index (χ2v) is 6.68. The fraction of sp³-hybridized carbons (Fsp3) is 0.278. The van der Waals surface area contributed by atoms with E-state index in [2.05, 4.69) is 10.3 Å². The largest absolute Gasteiger partial charge is 0.462 e. The molecule has 1 amide bonds. The van der Waals surface area contributed by atoms with Crippen molar-refractivity contribution in [3.63, 3.8) is 0 Å². The van der Waals surface area contributed by atoms with E-state index in [9.17, 15) is 9.59 Å². The van der Waals surface area contributed by atoms with Crippen molar-refractivity contribution in [2.75, 3.05) is 11.9 Å². The van der Waals surface area contributed by atoms with Crippen LogP contribution in [0, 0.1) is 6.92 Å². The zero-order valence-corrected chi connectivity index (χ0v) is 15.1. The van der Waals surface area contributed by atoms with Crippen molar-refractivity contribution in [3.8, 4) is 0 Å². The first-order valence-corrected chi connectivity index (χ1v) is 8.90. The van der Waals surface area contributed by atoms with E-state index in [0.29, 0.717) is 28.4 Å². The monoisotopic (exact) mass is 357 g/mol. The minimum atomic E-state index is -0.423. The van der Waals surface area contributed by atoms with Crippen molar-refractivity contribution in [3.05, 3.63) is 52.3 Å². The zero-order valence-electron chi connectivity index (χ0n) is 14.3. The molecule has 0 aliphatic rings. The van der Waals surface area contributed by atoms with E-state index in [1.54, 1.807) is 31.3 Å². The Labute approximate surface area is 149 Å². The first-order chi connectivity index (χ1) is 12.0. The molecule has 0 bridgehead atoms. The number of fused-ring (bicyclic) bond motifs is 1. The Bertz CT molecular complexity index is 942. The number of nitrogens with zero attached hydrogens (tertiary/aromatic N) is 2. The van der Waals surface area contributed by atoms with Crippen molar-refractivity contribution in [2.24, 2.45) is 0 Å². The van der Waals surface area contributed by atoms with Crippen LogP contribution >= 0.6 is 11.3 Å². The maximum atomic E-state index is 12.6. The zero-order chi connectivity index (χ0) is 18.0. The standard InChI is InChI=1S/C18H19N3O3S/c1-4-13-9-14(18(23)24-5-2)17(25-13)20-16(22)12-6-7-21-10-11(3)19-15(21)8-12/h6-10H,4-5H2,1-3H3,(H,20,22). The fourth-order valence-electron chi connectivity index (χ4n) is 2.49. The van der Waals surface area contributed by atoms with E-state index in [1.807, 2.05) is 24.4 Å². The molecule has 3 heterocycles. The highest BCUT2D eigenvalue weighted by Crippen LogP contribution is 2.30. The molecule has 3 aromatic heterocycles. The number of ether oxygens (including phenoxy) is 1. The molecule has 7 heteroatoms. The molecule has 0 fully saturated rings. The average Bonchev–Trinajstić information content (AvgIpc) is 3.16. The molecule has 3 rings (SSSR count). The summed E-state index contributed by atoms with van der Waals surface area (Å²) in [6.07, 6.45) is 4.47. The van der Waals surface area contributed by atoms with E-state index in [0.717, 1.165) is 17.0 Å². The number of carbonyl (C=O) groups is 2. The third-order valence-electron chi connectivity index (χ3n) is 3.70. The topological polar surface area (TPSA) is 72.7 Å². The Morgan fingerprint density at radius 1 is 1.32 bits per heavy atom. The molecular formula is C18H19N3O3S. The third-order valence-corrected chi connectivity index (χ3v) is 4.89. The van der Waals surface area contributed by atoms with Gasteiger partial charge in [0.2, 0.25) is 0 Å². The first-order valence-electron chi connectivity index (χ1n) is 8.08. The molecule has 0 saturated carbocycles. The molecule has 0 aliphatic heterocycles. The molecule has 25 heavy (non-hydrogen) atoms. The summed E-state index contributed by atoms with van der Waals surface area (Å²) < 4.78 is 6.93. The number of hydrogen-bond donors (Lipinski definition) is 1. The lowest BCUT2D eigenvalue weighted by Gasteiger charge is -2.06. The van der Waals surface area contributed by atoms with Gasteiger partial charge in [-0.2, -0.15) is 0 Å². The summed E-state index contributed by atoms with van der Waals surface area (Å²) in [5.74, 6) is -0.703. The number of pyridine rings is 1. The van der Waals surface area contributed by atoms with Gasteiger partial charge in [-0.25, -0.2) is 9.78 Å². The Kier molecular flexibility index (Phi) is 4.85. The molecule has 0 radical (unpaired) electrons.